The van der Waals surface area contributed by atoms with Gasteiger partial charge < -0.3 is 9.47 Å². The molecule has 0 atom stereocenters. The first kappa shape index (κ1) is 12.6. The summed E-state index contributed by atoms with van der Waals surface area (Å²) >= 11 is 6.02. The summed E-state index contributed by atoms with van der Waals surface area (Å²) in [6, 6.07) is 3.48. The van der Waals surface area contributed by atoms with Crippen molar-refractivity contribution in [1.82, 2.24) is 0 Å². The highest BCUT2D eigenvalue weighted by atomic mass is 35.5. The SMILES string of the molecule is CCOc1cc(C=CC=O)cc(Cl)c1OC. The fraction of sp³-hybridized carbons (Fsp3) is 0.250. The van der Waals surface area contributed by atoms with Crippen LogP contribution in [0.4, 0.5) is 0 Å². The number of benzene rings is 1. The molecule has 0 aliphatic rings. The zero-order chi connectivity index (χ0) is 12.0. The maximum atomic E-state index is 10.2. The summed E-state index contributed by atoms with van der Waals surface area (Å²) in [7, 11) is 1.53. The quantitative estimate of drug-likeness (QED) is 0.586. The van der Waals surface area contributed by atoms with E-state index in [-0.39, 0.29) is 0 Å². The largest absolute Gasteiger partial charge is 0.491 e. The van der Waals surface area contributed by atoms with E-state index in [4.69, 9.17) is 21.1 Å². The summed E-state index contributed by atoms with van der Waals surface area (Å²) in [5, 5.41) is 0.457. The summed E-state index contributed by atoms with van der Waals surface area (Å²) in [5.74, 6) is 1.08. The predicted molar refractivity (Wildman–Crippen MR) is 64.3 cm³/mol. The van der Waals surface area contributed by atoms with Crippen molar-refractivity contribution in [2.75, 3.05) is 13.7 Å². The molecule has 3 nitrogen and oxygen atoms in total. The average Bonchev–Trinajstić information content (AvgIpc) is 2.26. The molecule has 0 unspecified atom stereocenters. The Kier molecular flexibility index (Phi) is 4.86. The van der Waals surface area contributed by atoms with E-state index in [1.807, 2.05) is 6.92 Å². The van der Waals surface area contributed by atoms with Gasteiger partial charge in [-0.1, -0.05) is 17.7 Å². The van der Waals surface area contributed by atoms with Gasteiger partial charge in [0, 0.05) is 0 Å². The van der Waals surface area contributed by atoms with Crippen LogP contribution in [0.1, 0.15) is 12.5 Å². The van der Waals surface area contributed by atoms with Gasteiger partial charge in [0.1, 0.15) is 6.29 Å². The van der Waals surface area contributed by atoms with Crippen LogP contribution in [-0.2, 0) is 4.79 Å². The van der Waals surface area contributed by atoms with Crippen LogP contribution in [0, 0.1) is 0 Å². The summed E-state index contributed by atoms with van der Waals surface area (Å²) in [4.78, 5) is 10.2. The molecule has 1 aromatic rings. The number of carbonyl (C=O) groups excluding carboxylic acids is 1. The minimum Gasteiger partial charge on any atom is -0.491 e. The molecule has 0 N–H and O–H groups in total. The number of aldehydes is 1. The Bertz CT molecular complexity index is 399. The summed E-state index contributed by atoms with van der Waals surface area (Å²) in [5.41, 5.74) is 0.793. The normalized spacial score (nSPS) is 10.4. The highest BCUT2D eigenvalue weighted by molar-refractivity contribution is 6.32. The van der Waals surface area contributed by atoms with Crippen LogP contribution in [0.15, 0.2) is 18.2 Å². The minimum absolute atomic E-state index is 0.457. The van der Waals surface area contributed by atoms with Crippen molar-refractivity contribution in [3.8, 4) is 11.5 Å². The molecule has 0 spiro atoms. The van der Waals surface area contributed by atoms with Crippen LogP contribution in [0.25, 0.3) is 6.08 Å². The second kappa shape index (κ2) is 6.18. The molecule has 86 valence electrons. The number of allylic oxidation sites excluding steroid dienone is 1. The second-order valence-corrected chi connectivity index (χ2v) is 3.37. The van der Waals surface area contributed by atoms with E-state index < -0.39 is 0 Å². The van der Waals surface area contributed by atoms with Crippen molar-refractivity contribution in [2.24, 2.45) is 0 Å². The average molecular weight is 241 g/mol. The van der Waals surface area contributed by atoms with Gasteiger partial charge in [0.15, 0.2) is 11.5 Å². The zero-order valence-electron chi connectivity index (χ0n) is 9.20. The van der Waals surface area contributed by atoms with Crippen molar-refractivity contribution in [1.29, 1.82) is 0 Å². The van der Waals surface area contributed by atoms with Crippen LogP contribution >= 0.6 is 11.6 Å². The third kappa shape index (κ3) is 3.00. The van der Waals surface area contributed by atoms with E-state index in [1.165, 1.54) is 13.2 Å². The Morgan fingerprint density at radius 3 is 2.75 bits per heavy atom. The van der Waals surface area contributed by atoms with E-state index in [0.29, 0.717) is 29.4 Å². The number of hydrogen-bond acceptors (Lipinski definition) is 3. The van der Waals surface area contributed by atoms with Gasteiger partial charge in [-0.2, -0.15) is 0 Å². The molecule has 0 heterocycles. The van der Waals surface area contributed by atoms with Crippen molar-refractivity contribution >= 4 is 24.0 Å². The highest BCUT2D eigenvalue weighted by Gasteiger charge is 2.10. The van der Waals surface area contributed by atoms with Crippen LogP contribution in [-0.4, -0.2) is 20.0 Å². The maximum Gasteiger partial charge on any atom is 0.179 e. The molecule has 0 radical (unpaired) electrons. The summed E-state index contributed by atoms with van der Waals surface area (Å²) in [6.45, 7) is 2.40. The molecule has 0 aliphatic carbocycles. The third-order valence-corrected chi connectivity index (χ3v) is 2.18. The first-order valence-electron chi connectivity index (χ1n) is 4.85. The van der Waals surface area contributed by atoms with Gasteiger partial charge in [0.25, 0.3) is 0 Å². The lowest BCUT2D eigenvalue weighted by Gasteiger charge is -2.11. The third-order valence-electron chi connectivity index (χ3n) is 1.90. The molecule has 16 heavy (non-hydrogen) atoms. The second-order valence-electron chi connectivity index (χ2n) is 2.96. The van der Waals surface area contributed by atoms with Gasteiger partial charge >= 0.3 is 0 Å². The number of carbonyl (C=O) groups is 1. The smallest absolute Gasteiger partial charge is 0.179 e. The molecule has 4 heteroatoms. The summed E-state index contributed by atoms with van der Waals surface area (Å²) in [6.07, 6.45) is 3.76. The molecule has 0 fully saturated rings. The van der Waals surface area contributed by atoms with Crippen LogP contribution in [0.3, 0.4) is 0 Å². The van der Waals surface area contributed by atoms with Crippen molar-refractivity contribution < 1.29 is 14.3 Å². The molecule has 0 aliphatic heterocycles. The molecule has 1 rings (SSSR count). The van der Waals surface area contributed by atoms with Crippen molar-refractivity contribution in [3.05, 3.63) is 28.8 Å². The number of hydrogen-bond donors (Lipinski definition) is 0. The van der Waals surface area contributed by atoms with Gasteiger partial charge in [0.05, 0.1) is 18.7 Å². The number of rotatable bonds is 5. The predicted octanol–water partition coefficient (Wildman–Crippen LogP) is 2.96. The number of methoxy groups -OCH3 is 1. The lowest BCUT2D eigenvalue weighted by molar-refractivity contribution is -0.104. The highest BCUT2D eigenvalue weighted by Crippen LogP contribution is 2.36. The van der Waals surface area contributed by atoms with E-state index in [9.17, 15) is 4.79 Å². The fourth-order valence-electron chi connectivity index (χ4n) is 1.30. The molecule has 0 saturated carbocycles. The lowest BCUT2D eigenvalue weighted by Crippen LogP contribution is -1.96. The fourth-order valence-corrected chi connectivity index (χ4v) is 1.59. The van der Waals surface area contributed by atoms with Gasteiger partial charge in [-0.25, -0.2) is 0 Å². The topological polar surface area (TPSA) is 35.5 Å². The Hall–Kier alpha value is -1.48. The molecule has 0 bridgehead atoms. The number of halogens is 1. The Morgan fingerprint density at radius 1 is 1.44 bits per heavy atom. The van der Waals surface area contributed by atoms with E-state index in [0.717, 1.165) is 5.56 Å². The Labute approximate surface area is 99.6 Å². The summed E-state index contributed by atoms with van der Waals surface area (Å²) < 4.78 is 10.5. The van der Waals surface area contributed by atoms with E-state index in [2.05, 4.69) is 0 Å². The molecule has 1 aromatic carbocycles. The maximum absolute atomic E-state index is 10.2. The van der Waals surface area contributed by atoms with Crippen molar-refractivity contribution in [3.63, 3.8) is 0 Å². The van der Waals surface area contributed by atoms with Crippen LogP contribution < -0.4 is 9.47 Å². The molecular weight excluding hydrogens is 228 g/mol. The lowest BCUT2D eigenvalue weighted by atomic mass is 10.2. The molecule has 0 saturated heterocycles. The van der Waals surface area contributed by atoms with Gasteiger partial charge in [-0.3, -0.25) is 4.79 Å². The van der Waals surface area contributed by atoms with Gasteiger partial charge in [0.2, 0.25) is 0 Å². The van der Waals surface area contributed by atoms with Crippen molar-refractivity contribution in [2.45, 2.75) is 6.92 Å². The van der Waals surface area contributed by atoms with Crippen LogP contribution in [0.2, 0.25) is 5.02 Å². The number of ether oxygens (including phenoxy) is 2. The van der Waals surface area contributed by atoms with E-state index in [1.54, 1.807) is 18.2 Å². The Morgan fingerprint density at radius 2 is 2.19 bits per heavy atom. The molecule has 0 amide bonds. The first-order chi connectivity index (χ1) is 7.72. The molecular formula is C12H13ClO3. The monoisotopic (exact) mass is 240 g/mol. The standard InChI is InChI=1S/C12H13ClO3/c1-3-16-11-8-9(5-4-6-14)7-10(13)12(11)15-2/h4-8H,3H2,1-2H3. The van der Waals surface area contributed by atoms with Gasteiger partial charge in [-0.15, -0.1) is 0 Å². The van der Waals surface area contributed by atoms with Crippen LogP contribution in [0.5, 0.6) is 11.5 Å². The van der Waals surface area contributed by atoms with E-state index >= 15 is 0 Å². The zero-order valence-corrected chi connectivity index (χ0v) is 9.95. The first-order valence-corrected chi connectivity index (χ1v) is 5.22. The van der Waals surface area contributed by atoms with Gasteiger partial charge in [-0.05, 0) is 30.7 Å². The Balaban J connectivity index is 3.16. The molecule has 0 aromatic heterocycles. The minimum atomic E-state index is 0.457.